The van der Waals surface area contributed by atoms with Crippen molar-refractivity contribution in [1.29, 1.82) is 0 Å². The van der Waals surface area contributed by atoms with Crippen molar-refractivity contribution in [3.8, 4) is 0 Å². The largest absolute Gasteiger partial charge is 0.462 e. The highest BCUT2D eigenvalue weighted by Crippen LogP contribution is 2.15. The Balaban J connectivity index is 2.42. The van der Waals surface area contributed by atoms with Gasteiger partial charge >= 0.3 is 5.97 Å². The number of unbranched alkanes of at least 4 members (excludes halogenated alkanes) is 1. The zero-order valence-corrected chi connectivity index (χ0v) is 10.1. The highest BCUT2D eigenvalue weighted by Gasteiger charge is 2.25. The van der Waals surface area contributed by atoms with Gasteiger partial charge in [0.05, 0.1) is 32.8 Å². The van der Waals surface area contributed by atoms with Crippen molar-refractivity contribution in [3.05, 3.63) is 11.6 Å². The molecule has 0 aromatic carbocycles. The van der Waals surface area contributed by atoms with Crippen molar-refractivity contribution in [2.45, 2.75) is 26.2 Å². The Morgan fingerprint density at radius 1 is 1.53 bits per heavy atom. The minimum absolute atomic E-state index is 0.116. The van der Waals surface area contributed by atoms with Gasteiger partial charge in [-0.15, -0.1) is 0 Å². The van der Waals surface area contributed by atoms with Gasteiger partial charge in [0.2, 0.25) is 0 Å². The molecule has 0 saturated carbocycles. The number of esters is 1. The minimum atomic E-state index is -0.116. The molecule has 0 saturated heterocycles. The molecule has 86 valence electrons. The zero-order chi connectivity index (χ0) is 11.3. The first-order valence-electron chi connectivity index (χ1n) is 5.73. The molecule has 0 atom stereocenters. The maximum absolute atomic E-state index is 11.7. The number of hydrogen-bond acceptors (Lipinski definition) is 2. The molecule has 3 nitrogen and oxygen atoms in total. The molecule has 0 amide bonds. The summed E-state index contributed by atoms with van der Waals surface area (Å²) in [7, 11) is 4.29. The van der Waals surface area contributed by atoms with E-state index >= 15 is 0 Å². The quantitative estimate of drug-likeness (QED) is 0.403. The number of hydrogen-bond donors (Lipinski definition) is 0. The molecule has 1 aliphatic heterocycles. The second kappa shape index (κ2) is 5.31. The molecule has 3 heteroatoms. The van der Waals surface area contributed by atoms with E-state index in [0.717, 1.165) is 42.4 Å². The zero-order valence-electron chi connectivity index (χ0n) is 10.1. The SMILES string of the molecule is CCCCOC(=O)C1=CCC[N+](C)(C)C1. The summed E-state index contributed by atoms with van der Waals surface area (Å²) in [6.45, 7) is 4.55. The Hall–Kier alpha value is -0.830. The number of ether oxygens (including phenoxy) is 1. The van der Waals surface area contributed by atoms with Crippen LogP contribution in [0.5, 0.6) is 0 Å². The van der Waals surface area contributed by atoms with Crippen LogP contribution in [0, 0.1) is 0 Å². The van der Waals surface area contributed by atoms with Crippen LogP contribution in [0.25, 0.3) is 0 Å². The van der Waals surface area contributed by atoms with Crippen LogP contribution < -0.4 is 0 Å². The van der Waals surface area contributed by atoms with E-state index < -0.39 is 0 Å². The molecule has 1 rings (SSSR count). The van der Waals surface area contributed by atoms with E-state index in [0.29, 0.717) is 6.61 Å². The number of rotatable bonds is 4. The van der Waals surface area contributed by atoms with E-state index in [1.807, 2.05) is 6.08 Å². The fourth-order valence-corrected chi connectivity index (χ4v) is 1.74. The molecule has 15 heavy (non-hydrogen) atoms. The highest BCUT2D eigenvalue weighted by atomic mass is 16.5. The smallest absolute Gasteiger partial charge is 0.339 e. The number of likely N-dealkylation sites (N-methyl/N-ethyl adjacent to an activating group) is 1. The van der Waals surface area contributed by atoms with Crippen LogP contribution >= 0.6 is 0 Å². The van der Waals surface area contributed by atoms with E-state index in [4.69, 9.17) is 4.74 Å². The second-order valence-electron chi connectivity index (χ2n) is 4.82. The normalized spacial score (nSPS) is 19.5. The van der Waals surface area contributed by atoms with E-state index in [2.05, 4.69) is 21.0 Å². The monoisotopic (exact) mass is 212 g/mol. The second-order valence-corrected chi connectivity index (χ2v) is 4.82. The van der Waals surface area contributed by atoms with Gasteiger partial charge in [-0.05, 0) is 6.42 Å². The predicted octanol–water partition coefficient (Wildman–Crippen LogP) is 1.74. The van der Waals surface area contributed by atoms with Gasteiger partial charge in [-0.25, -0.2) is 4.79 Å². The molecule has 1 aliphatic rings. The summed E-state index contributed by atoms with van der Waals surface area (Å²) in [6.07, 6.45) is 5.02. The van der Waals surface area contributed by atoms with Gasteiger partial charge in [-0.1, -0.05) is 19.4 Å². The fraction of sp³-hybridized carbons (Fsp3) is 0.750. The first-order valence-corrected chi connectivity index (χ1v) is 5.73. The lowest BCUT2D eigenvalue weighted by Gasteiger charge is -2.32. The molecular weight excluding hydrogens is 190 g/mol. The Morgan fingerprint density at radius 2 is 2.27 bits per heavy atom. The first-order chi connectivity index (χ1) is 7.05. The summed E-state index contributed by atoms with van der Waals surface area (Å²) in [4.78, 5) is 11.7. The molecule has 0 radical (unpaired) electrons. The van der Waals surface area contributed by atoms with Crippen molar-refractivity contribution in [2.24, 2.45) is 0 Å². The summed E-state index contributed by atoms with van der Waals surface area (Å²) in [5, 5.41) is 0. The number of carbonyl (C=O) groups excluding carboxylic acids is 1. The molecule has 0 unspecified atom stereocenters. The molecule has 0 aromatic heterocycles. The van der Waals surface area contributed by atoms with Crippen molar-refractivity contribution in [1.82, 2.24) is 0 Å². The van der Waals surface area contributed by atoms with Crippen LogP contribution in [0.2, 0.25) is 0 Å². The Labute approximate surface area is 92.3 Å². The third-order valence-corrected chi connectivity index (χ3v) is 2.72. The van der Waals surface area contributed by atoms with Crippen LogP contribution in [-0.2, 0) is 9.53 Å². The average molecular weight is 212 g/mol. The maximum Gasteiger partial charge on any atom is 0.339 e. The summed E-state index contributed by atoms with van der Waals surface area (Å²) in [5.41, 5.74) is 0.849. The van der Waals surface area contributed by atoms with Crippen LogP contribution in [0.4, 0.5) is 0 Å². The third-order valence-electron chi connectivity index (χ3n) is 2.72. The van der Waals surface area contributed by atoms with Gasteiger partial charge in [0.1, 0.15) is 6.54 Å². The summed E-state index contributed by atoms with van der Waals surface area (Å²) in [5.74, 6) is -0.116. The van der Waals surface area contributed by atoms with Gasteiger partial charge in [0.15, 0.2) is 0 Å². The average Bonchev–Trinajstić information content (AvgIpc) is 2.16. The van der Waals surface area contributed by atoms with Crippen LogP contribution in [0.15, 0.2) is 11.6 Å². The topological polar surface area (TPSA) is 26.3 Å². The molecule has 0 bridgehead atoms. The van der Waals surface area contributed by atoms with Gasteiger partial charge in [0, 0.05) is 6.42 Å². The standard InChI is InChI=1S/C12H22NO2/c1-4-5-9-15-12(14)11-7-6-8-13(2,3)10-11/h7H,4-6,8-10H2,1-3H3/q+1. The molecular formula is C12H22NO2+. The molecule has 0 spiro atoms. The van der Waals surface area contributed by atoms with E-state index in [-0.39, 0.29) is 5.97 Å². The van der Waals surface area contributed by atoms with Gasteiger partial charge in [-0.2, -0.15) is 0 Å². The Morgan fingerprint density at radius 3 is 2.87 bits per heavy atom. The maximum atomic E-state index is 11.7. The van der Waals surface area contributed by atoms with Crippen LogP contribution in [0.3, 0.4) is 0 Å². The molecule has 0 N–H and O–H groups in total. The van der Waals surface area contributed by atoms with E-state index in [9.17, 15) is 4.79 Å². The Kier molecular flexibility index (Phi) is 4.33. The van der Waals surface area contributed by atoms with Gasteiger partial charge < -0.3 is 9.22 Å². The predicted molar refractivity (Wildman–Crippen MR) is 60.4 cm³/mol. The van der Waals surface area contributed by atoms with Crippen LogP contribution in [-0.4, -0.2) is 44.2 Å². The minimum Gasteiger partial charge on any atom is -0.462 e. The lowest BCUT2D eigenvalue weighted by atomic mass is 10.1. The van der Waals surface area contributed by atoms with Crippen molar-refractivity contribution in [2.75, 3.05) is 33.8 Å². The van der Waals surface area contributed by atoms with Crippen molar-refractivity contribution in [3.63, 3.8) is 0 Å². The number of carbonyl (C=O) groups is 1. The van der Waals surface area contributed by atoms with E-state index in [1.165, 1.54) is 0 Å². The third kappa shape index (κ3) is 4.04. The van der Waals surface area contributed by atoms with Gasteiger partial charge in [-0.3, -0.25) is 0 Å². The summed E-state index contributed by atoms with van der Waals surface area (Å²) in [6, 6.07) is 0. The molecule has 0 fully saturated rings. The van der Waals surface area contributed by atoms with Gasteiger partial charge in [0.25, 0.3) is 0 Å². The van der Waals surface area contributed by atoms with Crippen molar-refractivity contribution < 1.29 is 14.0 Å². The molecule has 1 heterocycles. The lowest BCUT2D eigenvalue weighted by molar-refractivity contribution is -0.886. The summed E-state index contributed by atoms with van der Waals surface area (Å²) < 4.78 is 6.08. The highest BCUT2D eigenvalue weighted by molar-refractivity contribution is 5.88. The Bertz CT molecular complexity index is 256. The number of nitrogens with zero attached hydrogens (tertiary/aromatic N) is 1. The molecule has 0 aliphatic carbocycles. The van der Waals surface area contributed by atoms with Crippen LogP contribution in [0.1, 0.15) is 26.2 Å². The number of quaternary nitrogens is 1. The summed E-state index contributed by atoms with van der Waals surface area (Å²) >= 11 is 0. The first kappa shape index (κ1) is 12.2. The lowest BCUT2D eigenvalue weighted by Crippen LogP contribution is -2.45. The van der Waals surface area contributed by atoms with Crippen molar-refractivity contribution >= 4 is 5.97 Å². The fourth-order valence-electron chi connectivity index (χ4n) is 1.74. The van der Waals surface area contributed by atoms with E-state index in [1.54, 1.807) is 0 Å². The molecule has 0 aromatic rings.